The third-order valence-electron chi connectivity index (χ3n) is 5.59. The van der Waals surface area contributed by atoms with Crippen LogP contribution in [0.4, 0.5) is 5.82 Å². The van der Waals surface area contributed by atoms with Crippen LogP contribution in [0.5, 0.6) is 0 Å². The van der Waals surface area contributed by atoms with Crippen molar-refractivity contribution >= 4 is 22.5 Å². The number of fused-ring (bicyclic) bond motifs is 1. The maximum atomic E-state index is 12.6. The number of aromatic nitrogens is 3. The zero-order valence-electron chi connectivity index (χ0n) is 17.3. The second-order valence-corrected chi connectivity index (χ2v) is 7.85. The maximum absolute atomic E-state index is 12.6. The standard InChI is InChI=1S/C22H27N5O2/c1-14-13-29-15(2)11-27(14)12-22(28)25-21-8-19-7-17(5-6-18(19)9-24-21)20-10-23-16(3)26(20)4/h5-10,14-15H,11-13H2,1-4H3,(H,24,25,28)/t14-,15-/m1/s1. The Morgan fingerprint density at radius 3 is 2.79 bits per heavy atom. The lowest BCUT2D eigenvalue weighted by Crippen LogP contribution is -2.50. The molecule has 1 N–H and O–H groups in total. The van der Waals surface area contributed by atoms with Crippen LogP contribution in [0.3, 0.4) is 0 Å². The molecule has 1 saturated heterocycles. The molecule has 7 nitrogen and oxygen atoms in total. The topological polar surface area (TPSA) is 72.3 Å². The van der Waals surface area contributed by atoms with E-state index in [0.29, 0.717) is 19.0 Å². The average Bonchev–Trinajstić information content (AvgIpc) is 3.03. The molecule has 1 fully saturated rings. The van der Waals surface area contributed by atoms with Crippen molar-refractivity contribution in [1.82, 2.24) is 19.4 Å². The van der Waals surface area contributed by atoms with Crippen molar-refractivity contribution in [2.24, 2.45) is 7.05 Å². The molecule has 0 spiro atoms. The molecule has 3 heterocycles. The van der Waals surface area contributed by atoms with Gasteiger partial charge in [0.25, 0.3) is 0 Å². The molecular formula is C22H27N5O2. The molecule has 0 saturated carbocycles. The van der Waals surface area contributed by atoms with Gasteiger partial charge in [0, 0.05) is 36.8 Å². The van der Waals surface area contributed by atoms with Gasteiger partial charge in [-0.15, -0.1) is 0 Å². The van der Waals surface area contributed by atoms with Crippen molar-refractivity contribution in [1.29, 1.82) is 0 Å². The molecule has 0 bridgehead atoms. The first-order valence-electron chi connectivity index (χ1n) is 9.94. The minimum Gasteiger partial charge on any atom is -0.376 e. The van der Waals surface area contributed by atoms with E-state index in [1.165, 1.54) is 0 Å². The second kappa shape index (κ2) is 7.93. The van der Waals surface area contributed by atoms with Gasteiger partial charge in [0.1, 0.15) is 11.6 Å². The van der Waals surface area contributed by atoms with Crippen molar-refractivity contribution in [3.8, 4) is 11.3 Å². The minimum atomic E-state index is -0.0591. The number of pyridine rings is 1. The fraction of sp³-hybridized carbons (Fsp3) is 0.409. The molecule has 0 unspecified atom stereocenters. The number of aryl methyl sites for hydroxylation is 1. The minimum absolute atomic E-state index is 0.0591. The molecule has 2 aromatic heterocycles. The van der Waals surface area contributed by atoms with E-state index >= 15 is 0 Å². The first-order chi connectivity index (χ1) is 13.9. The number of hydrogen-bond acceptors (Lipinski definition) is 5. The summed E-state index contributed by atoms with van der Waals surface area (Å²) in [4.78, 5) is 23.5. The molecule has 4 rings (SSSR count). The molecule has 152 valence electrons. The molecule has 1 amide bonds. The molecule has 0 aliphatic carbocycles. The number of amides is 1. The monoisotopic (exact) mass is 393 g/mol. The van der Waals surface area contributed by atoms with E-state index in [9.17, 15) is 4.79 Å². The lowest BCUT2D eigenvalue weighted by Gasteiger charge is -2.36. The number of ether oxygens (including phenoxy) is 1. The number of imidazole rings is 1. The third-order valence-corrected chi connectivity index (χ3v) is 5.59. The molecule has 2 atom stereocenters. The van der Waals surface area contributed by atoms with Gasteiger partial charge in [-0.3, -0.25) is 9.69 Å². The first-order valence-corrected chi connectivity index (χ1v) is 9.94. The summed E-state index contributed by atoms with van der Waals surface area (Å²) in [6.45, 7) is 7.84. The molecule has 29 heavy (non-hydrogen) atoms. The van der Waals surface area contributed by atoms with Crippen LogP contribution in [0.15, 0.2) is 36.7 Å². The summed E-state index contributed by atoms with van der Waals surface area (Å²) in [5.74, 6) is 1.47. The van der Waals surface area contributed by atoms with E-state index in [0.717, 1.165) is 34.4 Å². The van der Waals surface area contributed by atoms with Gasteiger partial charge in [-0.05, 0) is 38.3 Å². The predicted octanol–water partition coefficient (Wildman–Crippen LogP) is 2.99. The van der Waals surface area contributed by atoms with E-state index in [1.54, 1.807) is 6.20 Å². The molecule has 7 heteroatoms. The Hall–Kier alpha value is -2.77. The lowest BCUT2D eigenvalue weighted by atomic mass is 10.1. The van der Waals surface area contributed by atoms with Crippen LogP contribution in [-0.2, 0) is 16.6 Å². The Kier molecular flexibility index (Phi) is 5.34. The Bertz CT molecular complexity index is 1040. The normalized spacial score (nSPS) is 20.1. The lowest BCUT2D eigenvalue weighted by molar-refractivity contribution is -0.121. The average molecular weight is 393 g/mol. The van der Waals surface area contributed by atoms with Gasteiger partial charge in [0.2, 0.25) is 5.91 Å². The van der Waals surface area contributed by atoms with E-state index in [4.69, 9.17) is 4.74 Å². The Morgan fingerprint density at radius 2 is 2.03 bits per heavy atom. The van der Waals surface area contributed by atoms with Gasteiger partial charge in [0.05, 0.1) is 31.1 Å². The quantitative estimate of drug-likeness (QED) is 0.738. The van der Waals surface area contributed by atoms with Gasteiger partial charge in [-0.1, -0.05) is 12.1 Å². The zero-order valence-corrected chi connectivity index (χ0v) is 17.3. The highest BCUT2D eigenvalue weighted by atomic mass is 16.5. The number of benzene rings is 1. The predicted molar refractivity (Wildman–Crippen MR) is 114 cm³/mol. The summed E-state index contributed by atoms with van der Waals surface area (Å²) in [5.41, 5.74) is 2.14. The highest BCUT2D eigenvalue weighted by Gasteiger charge is 2.25. The Morgan fingerprint density at radius 1 is 1.21 bits per heavy atom. The third kappa shape index (κ3) is 4.16. The number of nitrogens with one attached hydrogen (secondary N) is 1. The number of carbonyl (C=O) groups excluding carboxylic acids is 1. The zero-order chi connectivity index (χ0) is 20.5. The van der Waals surface area contributed by atoms with Crippen molar-refractivity contribution in [2.75, 3.05) is 25.0 Å². The number of anilines is 1. The van der Waals surface area contributed by atoms with Crippen LogP contribution in [0.2, 0.25) is 0 Å². The van der Waals surface area contributed by atoms with Crippen LogP contribution >= 0.6 is 0 Å². The number of morpholine rings is 1. The summed E-state index contributed by atoms with van der Waals surface area (Å²) in [5, 5.41) is 5.00. The van der Waals surface area contributed by atoms with Gasteiger partial charge >= 0.3 is 0 Å². The molecule has 1 aliphatic rings. The number of hydrogen-bond donors (Lipinski definition) is 1. The second-order valence-electron chi connectivity index (χ2n) is 7.85. The van der Waals surface area contributed by atoms with Crippen molar-refractivity contribution in [3.63, 3.8) is 0 Å². The van der Waals surface area contributed by atoms with Crippen LogP contribution < -0.4 is 5.32 Å². The maximum Gasteiger partial charge on any atom is 0.239 e. The van der Waals surface area contributed by atoms with Crippen LogP contribution in [0, 0.1) is 6.92 Å². The number of carbonyl (C=O) groups is 1. The molecule has 0 radical (unpaired) electrons. The Balaban J connectivity index is 1.52. The smallest absolute Gasteiger partial charge is 0.239 e. The highest BCUT2D eigenvalue weighted by molar-refractivity contribution is 5.94. The SMILES string of the molecule is Cc1ncc(-c2ccc3cnc(NC(=O)CN4C[C@@H](C)OC[C@H]4C)cc3c2)n1C. The summed E-state index contributed by atoms with van der Waals surface area (Å²) in [7, 11) is 2.01. The molecular weight excluding hydrogens is 366 g/mol. The first kappa shape index (κ1) is 19.5. The summed E-state index contributed by atoms with van der Waals surface area (Å²) >= 11 is 0. The summed E-state index contributed by atoms with van der Waals surface area (Å²) < 4.78 is 7.70. The van der Waals surface area contributed by atoms with Crippen LogP contribution in [-0.4, -0.2) is 57.2 Å². The molecule has 3 aromatic rings. The fourth-order valence-electron chi connectivity index (χ4n) is 3.70. The van der Waals surface area contributed by atoms with E-state index < -0.39 is 0 Å². The van der Waals surface area contributed by atoms with E-state index in [1.807, 2.05) is 39.2 Å². The van der Waals surface area contributed by atoms with Crippen molar-refractivity contribution in [3.05, 3.63) is 42.5 Å². The van der Waals surface area contributed by atoms with Gasteiger partial charge in [0.15, 0.2) is 0 Å². The fourth-order valence-corrected chi connectivity index (χ4v) is 3.70. The summed E-state index contributed by atoms with van der Waals surface area (Å²) in [6, 6.07) is 8.37. The van der Waals surface area contributed by atoms with Gasteiger partial charge < -0.3 is 14.6 Å². The van der Waals surface area contributed by atoms with Crippen LogP contribution in [0.25, 0.3) is 22.0 Å². The number of nitrogens with zero attached hydrogens (tertiary/aromatic N) is 4. The molecule has 1 aliphatic heterocycles. The van der Waals surface area contributed by atoms with Gasteiger partial charge in [-0.25, -0.2) is 9.97 Å². The largest absolute Gasteiger partial charge is 0.376 e. The van der Waals surface area contributed by atoms with Crippen LogP contribution in [0.1, 0.15) is 19.7 Å². The highest BCUT2D eigenvalue weighted by Crippen LogP contribution is 2.25. The van der Waals surface area contributed by atoms with Crippen molar-refractivity contribution in [2.45, 2.75) is 32.9 Å². The number of rotatable bonds is 4. The van der Waals surface area contributed by atoms with Gasteiger partial charge in [-0.2, -0.15) is 0 Å². The Labute approximate surface area is 170 Å². The van der Waals surface area contributed by atoms with Crippen molar-refractivity contribution < 1.29 is 9.53 Å². The van der Waals surface area contributed by atoms with E-state index in [2.05, 4.69) is 43.8 Å². The molecule has 1 aromatic carbocycles. The summed E-state index contributed by atoms with van der Waals surface area (Å²) in [6.07, 6.45) is 3.82. The van der Waals surface area contributed by atoms with E-state index in [-0.39, 0.29) is 18.1 Å².